The van der Waals surface area contributed by atoms with Crippen molar-refractivity contribution in [3.05, 3.63) is 70.6 Å². The topological polar surface area (TPSA) is 93.4 Å². The average molecular weight is 514 g/mol. The van der Waals surface area contributed by atoms with Crippen LogP contribution in [0.25, 0.3) is 11.1 Å². The second-order valence-corrected chi connectivity index (χ2v) is 9.71. The van der Waals surface area contributed by atoms with E-state index in [-0.39, 0.29) is 17.4 Å². The molecule has 3 aromatic rings. The number of hydrogen-bond acceptors (Lipinski definition) is 4. The molecule has 36 heavy (non-hydrogen) atoms. The monoisotopic (exact) mass is 513 g/mol. The smallest absolute Gasteiger partial charge is 0.413 e. The quantitative estimate of drug-likeness (QED) is 0.357. The van der Waals surface area contributed by atoms with Crippen LogP contribution in [0.1, 0.15) is 62.2 Å². The van der Waals surface area contributed by atoms with Gasteiger partial charge < -0.3 is 9.84 Å². The Morgan fingerprint density at radius 3 is 2.53 bits per heavy atom. The van der Waals surface area contributed by atoms with E-state index in [1.165, 1.54) is 23.8 Å². The minimum absolute atomic E-state index is 0.187. The number of carbonyl (C=O) groups is 2. The molecule has 4 rings (SSSR count). The molecular formula is C27H29ClFN3O4. The van der Waals surface area contributed by atoms with Crippen molar-refractivity contribution in [3.63, 3.8) is 0 Å². The van der Waals surface area contributed by atoms with E-state index < -0.39 is 24.0 Å². The molecule has 0 saturated heterocycles. The van der Waals surface area contributed by atoms with E-state index in [2.05, 4.69) is 22.5 Å². The van der Waals surface area contributed by atoms with Gasteiger partial charge in [0.25, 0.3) is 0 Å². The van der Waals surface area contributed by atoms with Gasteiger partial charge in [0.05, 0.1) is 11.2 Å². The Morgan fingerprint density at radius 1 is 1.19 bits per heavy atom. The molecule has 0 unspecified atom stereocenters. The highest BCUT2D eigenvalue weighted by Crippen LogP contribution is 2.38. The Hall–Kier alpha value is -3.39. The third-order valence-corrected chi connectivity index (χ3v) is 7.17. The van der Waals surface area contributed by atoms with Crippen LogP contribution >= 0.6 is 11.6 Å². The third kappa shape index (κ3) is 6.05. The van der Waals surface area contributed by atoms with E-state index in [4.69, 9.17) is 21.4 Å². The molecule has 0 bridgehead atoms. The van der Waals surface area contributed by atoms with Crippen LogP contribution in [0.4, 0.5) is 15.0 Å². The van der Waals surface area contributed by atoms with Crippen molar-refractivity contribution in [2.24, 2.45) is 13.0 Å². The summed E-state index contributed by atoms with van der Waals surface area (Å²) in [4.78, 5) is 23.6. The maximum Gasteiger partial charge on any atom is 0.413 e. The van der Waals surface area contributed by atoms with Crippen molar-refractivity contribution < 1.29 is 23.8 Å². The van der Waals surface area contributed by atoms with Crippen LogP contribution in [-0.2, 0) is 16.6 Å². The Morgan fingerprint density at radius 2 is 1.89 bits per heavy atom. The van der Waals surface area contributed by atoms with E-state index in [1.54, 1.807) is 24.9 Å². The van der Waals surface area contributed by atoms with Crippen LogP contribution in [0.2, 0.25) is 5.02 Å². The number of carboxylic acid groups (broad SMARTS) is 1. The summed E-state index contributed by atoms with van der Waals surface area (Å²) >= 11 is 6.09. The number of anilines is 1. The predicted molar refractivity (Wildman–Crippen MR) is 136 cm³/mol. The van der Waals surface area contributed by atoms with Gasteiger partial charge in [-0.25, -0.2) is 9.18 Å². The Kier molecular flexibility index (Phi) is 7.94. The van der Waals surface area contributed by atoms with Gasteiger partial charge in [0, 0.05) is 24.6 Å². The van der Waals surface area contributed by atoms with E-state index >= 15 is 0 Å². The highest BCUT2D eigenvalue weighted by atomic mass is 35.5. The number of nitrogens with zero attached hydrogens (tertiary/aromatic N) is 2. The second-order valence-electron chi connectivity index (χ2n) is 9.31. The molecule has 9 heteroatoms. The van der Waals surface area contributed by atoms with Gasteiger partial charge in [-0.05, 0) is 67.7 Å². The lowest BCUT2D eigenvalue weighted by atomic mass is 9.77. The van der Waals surface area contributed by atoms with Gasteiger partial charge in [0.1, 0.15) is 17.7 Å². The molecule has 1 heterocycles. The Labute approximate surface area is 214 Å². The highest BCUT2D eigenvalue weighted by molar-refractivity contribution is 6.31. The number of amides is 1. The minimum atomic E-state index is -0.721. The van der Waals surface area contributed by atoms with E-state index in [9.17, 15) is 14.0 Å². The summed E-state index contributed by atoms with van der Waals surface area (Å²) in [5.74, 6) is -0.00799. The van der Waals surface area contributed by atoms with Gasteiger partial charge >= 0.3 is 12.1 Å². The van der Waals surface area contributed by atoms with E-state index in [0.29, 0.717) is 17.3 Å². The zero-order valence-corrected chi connectivity index (χ0v) is 21.0. The summed E-state index contributed by atoms with van der Waals surface area (Å²) in [6.45, 7) is 1.66. The molecular weight excluding hydrogens is 485 g/mol. The number of halogens is 2. The molecule has 0 radical (unpaired) electrons. The molecule has 0 aliphatic heterocycles. The van der Waals surface area contributed by atoms with Crippen molar-refractivity contribution in [2.45, 2.75) is 51.0 Å². The van der Waals surface area contributed by atoms with E-state index in [1.807, 2.05) is 12.1 Å². The highest BCUT2D eigenvalue weighted by Gasteiger charge is 2.24. The van der Waals surface area contributed by atoms with Crippen molar-refractivity contribution in [1.29, 1.82) is 0 Å². The number of hydrogen-bond donors (Lipinski definition) is 2. The SMILES string of the molecule is C[C@@H](OC(=O)Nc1c(-c2ccc(C3CCC(CC(=O)O)CC3)cc2)cnn1C)c1ccc(F)cc1Cl. The number of aliphatic carboxylic acids is 1. The molecule has 2 aromatic carbocycles. The Bertz CT molecular complexity index is 1240. The Balaban J connectivity index is 1.41. The number of nitrogens with one attached hydrogen (secondary N) is 1. The first-order valence-electron chi connectivity index (χ1n) is 12.0. The lowest BCUT2D eigenvalue weighted by molar-refractivity contribution is -0.138. The van der Waals surface area contributed by atoms with Crippen LogP contribution in [0.5, 0.6) is 0 Å². The molecule has 1 aromatic heterocycles. The number of rotatable bonds is 7. The molecule has 1 aliphatic carbocycles. The zero-order chi connectivity index (χ0) is 25.8. The number of carboxylic acids is 1. The van der Waals surface area contributed by atoms with Crippen LogP contribution in [0, 0.1) is 11.7 Å². The number of carbonyl (C=O) groups excluding carboxylic acids is 1. The normalized spacial score (nSPS) is 18.4. The first-order valence-corrected chi connectivity index (χ1v) is 12.4. The van der Waals surface area contributed by atoms with E-state index in [0.717, 1.165) is 36.8 Å². The number of aromatic nitrogens is 2. The summed E-state index contributed by atoms with van der Waals surface area (Å²) in [5, 5.41) is 16.3. The first kappa shape index (κ1) is 25.7. The molecule has 1 amide bonds. The van der Waals surface area contributed by atoms with Crippen molar-refractivity contribution in [1.82, 2.24) is 9.78 Å². The van der Waals surface area contributed by atoms with Gasteiger partial charge in [-0.2, -0.15) is 5.10 Å². The molecule has 7 nitrogen and oxygen atoms in total. The van der Waals surface area contributed by atoms with Gasteiger partial charge in [0.2, 0.25) is 0 Å². The standard InChI is InChI=1S/C27H29ClFN3O4/c1-16(22-12-11-21(29)14-24(22)28)36-27(35)31-26-23(15-30-32(26)2)20-9-7-19(8-10-20)18-5-3-17(4-6-18)13-25(33)34/h7-12,14-18H,3-6,13H2,1-2H3,(H,31,35)(H,33,34)/t16-,17?,18?/m1/s1. The molecule has 1 fully saturated rings. The molecule has 2 N–H and O–H groups in total. The third-order valence-electron chi connectivity index (χ3n) is 6.85. The van der Waals surface area contributed by atoms with Crippen molar-refractivity contribution >= 4 is 29.5 Å². The summed E-state index contributed by atoms with van der Waals surface area (Å²) < 4.78 is 20.4. The number of benzene rings is 2. The van der Waals surface area contributed by atoms with Gasteiger partial charge in [-0.3, -0.25) is 14.8 Å². The van der Waals surface area contributed by atoms with Crippen LogP contribution in [0.3, 0.4) is 0 Å². The summed E-state index contributed by atoms with van der Waals surface area (Å²) in [5.41, 5.74) is 3.39. The maximum atomic E-state index is 13.3. The first-order chi connectivity index (χ1) is 17.2. The zero-order valence-electron chi connectivity index (χ0n) is 20.2. The molecule has 0 spiro atoms. The predicted octanol–water partition coefficient (Wildman–Crippen LogP) is 6.94. The summed E-state index contributed by atoms with van der Waals surface area (Å²) in [6.07, 6.45) is 4.40. The lowest BCUT2D eigenvalue weighted by Gasteiger charge is -2.28. The van der Waals surface area contributed by atoms with Crippen molar-refractivity contribution in [2.75, 3.05) is 5.32 Å². The minimum Gasteiger partial charge on any atom is -0.481 e. The molecule has 1 atom stereocenters. The van der Waals surface area contributed by atoms with Crippen LogP contribution in [0.15, 0.2) is 48.7 Å². The fourth-order valence-corrected chi connectivity index (χ4v) is 5.18. The van der Waals surface area contributed by atoms with Crippen LogP contribution in [-0.4, -0.2) is 26.9 Å². The largest absolute Gasteiger partial charge is 0.481 e. The van der Waals surface area contributed by atoms with Gasteiger partial charge in [0.15, 0.2) is 0 Å². The van der Waals surface area contributed by atoms with Gasteiger partial charge in [-0.1, -0.05) is 41.9 Å². The second kappa shape index (κ2) is 11.1. The lowest BCUT2D eigenvalue weighted by Crippen LogP contribution is -2.18. The fraction of sp³-hybridized carbons (Fsp3) is 0.370. The number of ether oxygens (including phenoxy) is 1. The summed E-state index contributed by atoms with van der Waals surface area (Å²) in [6, 6.07) is 12.1. The van der Waals surface area contributed by atoms with Gasteiger partial charge in [-0.15, -0.1) is 0 Å². The fourth-order valence-electron chi connectivity index (χ4n) is 4.86. The number of aryl methyl sites for hydroxylation is 1. The summed E-state index contributed by atoms with van der Waals surface area (Å²) in [7, 11) is 1.73. The molecule has 1 saturated carbocycles. The molecule has 190 valence electrons. The maximum absolute atomic E-state index is 13.3. The van der Waals surface area contributed by atoms with Crippen molar-refractivity contribution in [3.8, 4) is 11.1 Å². The van der Waals surface area contributed by atoms with Crippen LogP contribution < -0.4 is 5.32 Å². The average Bonchev–Trinajstić information content (AvgIpc) is 3.19. The molecule has 1 aliphatic rings.